The molecule has 0 unspecified atom stereocenters. The summed E-state index contributed by atoms with van der Waals surface area (Å²) in [6.07, 6.45) is 0. The topological polar surface area (TPSA) is 47.6 Å². The number of ether oxygens (including phenoxy) is 2. The third-order valence-electron chi connectivity index (χ3n) is 3.23. The Labute approximate surface area is 121 Å². The Bertz CT molecular complexity index is 700. The van der Waals surface area contributed by atoms with Gasteiger partial charge in [0.05, 0.1) is 0 Å². The number of aryl methyl sites for hydroxylation is 1. The van der Waals surface area contributed by atoms with Gasteiger partial charge in [-0.25, -0.2) is 4.39 Å². The summed E-state index contributed by atoms with van der Waals surface area (Å²) in [6.45, 7) is 2.71. The van der Waals surface area contributed by atoms with Crippen LogP contribution in [0.3, 0.4) is 0 Å². The van der Waals surface area contributed by atoms with Crippen LogP contribution in [0.2, 0.25) is 0 Å². The number of hydrogen-bond acceptors (Lipinski definition) is 3. The molecule has 1 heterocycles. The molecular weight excluding hydrogens is 273 g/mol. The van der Waals surface area contributed by atoms with Gasteiger partial charge in [0, 0.05) is 17.3 Å². The van der Waals surface area contributed by atoms with E-state index in [-0.39, 0.29) is 11.7 Å². The van der Waals surface area contributed by atoms with Gasteiger partial charge in [-0.2, -0.15) is 0 Å². The number of fused-ring (bicyclic) bond motifs is 1. The van der Waals surface area contributed by atoms with Gasteiger partial charge < -0.3 is 14.8 Å². The average molecular weight is 287 g/mol. The minimum absolute atomic E-state index is 0.288. The second-order valence-electron chi connectivity index (χ2n) is 4.77. The summed E-state index contributed by atoms with van der Waals surface area (Å²) in [7, 11) is 0. The van der Waals surface area contributed by atoms with Crippen LogP contribution < -0.4 is 14.8 Å². The highest BCUT2D eigenvalue weighted by atomic mass is 19.1. The lowest BCUT2D eigenvalue weighted by Gasteiger charge is -2.19. The van der Waals surface area contributed by atoms with E-state index in [0.29, 0.717) is 41.5 Å². The fraction of sp³-hybridized carbons (Fsp3) is 0.188. The van der Waals surface area contributed by atoms with Crippen molar-refractivity contribution in [2.75, 3.05) is 18.5 Å². The van der Waals surface area contributed by atoms with Crippen molar-refractivity contribution in [3.63, 3.8) is 0 Å². The highest BCUT2D eigenvalue weighted by Gasteiger charge is 2.14. The molecule has 2 aromatic carbocycles. The lowest BCUT2D eigenvalue weighted by Crippen LogP contribution is -2.17. The van der Waals surface area contributed by atoms with E-state index in [4.69, 9.17) is 9.47 Å². The van der Waals surface area contributed by atoms with E-state index in [1.54, 1.807) is 25.1 Å². The van der Waals surface area contributed by atoms with Crippen molar-refractivity contribution in [2.45, 2.75) is 6.92 Å². The van der Waals surface area contributed by atoms with E-state index in [2.05, 4.69) is 5.32 Å². The molecule has 0 aliphatic carbocycles. The van der Waals surface area contributed by atoms with Gasteiger partial charge in [0.25, 0.3) is 5.91 Å². The van der Waals surface area contributed by atoms with E-state index in [1.807, 2.05) is 0 Å². The minimum Gasteiger partial charge on any atom is -0.486 e. The molecule has 1 N–H and O–H groups in total. The molecule has 1 aliphatic heterocycles. The number of benzene rings is 2. The number of amides is 1. The lowest BCUT2D eigenvalue weighted by molar-refractivity contribution is 0.102. The number of carbonyl (C=O) groups excluding carboxylic acids is 1. The number of anilines is 1. The van der Waals surface area contributed by atoms with E-state index in [1.165, 1.54) is 18.2 Å². The first-order valence-corrected chi connectivity index (χ1v) is 6.60. The van der Waals surface area contributed by atoms with Crippen molar-refractivity contribution in [1.82, 2.24) is 0 Å². The van der Waals surface area contributed by atoms with Gasteiger partial charge in [-0.1, -0.05) is 0 Å². The molecule has 1 amide bonds. The summed E-state index contributed by atoms with van der Waals surface area (Å²) in [4.78, 5) is 12.2. The van der Waals surface area contributed by atoms with Gasteiger partial charge in [-0.15, -0.1) is 0 Å². The number of halogens is 1. The maximum Gasteiger partial charge on any atom is 0.255 e. The molecule has 0 saturated carbocycles. The number of hydrogen-bond donors (Lipinski definition) is 1. The summed E-state index contributed by atoms with van der Waals surface area (Å²) >= 11 is 0. The van der Waals surface area contributed by atoms with Crippen LogP contribution in [-0.4, -0.2) is 19.1 Å². The molecule has 21 heavy (non-hydrogen) atoms. The van der Waals surface area contributed by atoms with Crippen LogP contribution in [0, 0.1) is 12.7 Å². The molecule has 0 aromatic heterocycles. The SMILES string of the molecule is Cc1cc(F)ccc1C(=O)Nc1ccc2c(c1)OCCO2. The van der Waals surface area contributed by atoms with Crippen LogP contribution in [0.25, 0.3) is 0 Å². The predicted molar refractivity (Wildman–Crippen MR) is 76.5 cm³/mol. The van der Waals surface area contributed by atoms with Gasteiger partial charge in [-0.3, -0.25) is 4.79 Å². The van der Waals surface area contributed by atoms with Gasteiger partial charge in [0.1, 0.15) is 19.0 Å². The first-order valence-electron chi connectivity index (χ1n) is 6.60. The smallest absolute Gasteiger partial charge is 0.255 e. The third-order valence-corrected chi connectivity index (χ3v) is 3.23. The Kier molecular flexibility index (Phi) is 3.48. The van der Waals surface area contributed by atoms with Crippen molar-refractivity contribution in [2.24, 2.45) is 0 Å². The molecule has 0 spiro atoms. The molecule has 0 saturated heterocycles. The molecule has 0 bridgehead atoms. The van der Waals surface area contributed by atoms with E-state index < -0.39 is 0 Å². The summed E-state index contributed by atoms with van der Waals surface area (Å²) < 4.78 is 24.0. The number of nitrogens with one attached hydrogen (secondary N) is 1. The van der Waals surface area contributed by atoms with Crippen molar-refractivity contribution >= 4 is 11.6 Å². The molecule has 0 fully saturated rings. The fourth-order valence-electron chi connectivity index (χ4n) is 2.20. The molecule has 2 aromatic rings. The van der Waals surface area contributed by atoms with E-state index >= 15 is 0 Å². The Hall–Kier alpha value is -2.56. The number of rotatable bonds is 2. The average Bonchev–Trinajstić information content (AvgIpc) is 2.47. The Balaban J connectivity index is 1.81. The van der Waals surface area contributed by atoms with E-state index in [9.17, 15) is 9.18 Å². The monoisotopic (exact) mass is 287 g/mol. The second kappa shape index (κ2) is 5.44. The van der Waals surface area contributed by atoms with Crippen molar-refractivity contribution in [3.05, 3.63) is 53.3 Å². The summed E-state index contributed by atoms with van der Waals surface area (Å²) in [6, 6.07) is 9.28. The van der Waals surface area contributed by atoms with Crippen LogP contribution in [0.1, 0.15) is 15.9 Å². The Morgan fingerprint density at radius 3 is 2.62 bits per heavy atom. The summed E-state index contributed by atoms with van der Waals surface area (Å²) in [5, 5.41) is 2.77. The molecule has 3 rings (SSSR count). The van der Waals surface area contributed by atoms with Crippen LogP contribution in [0.15, 0.2) is 36.4 Å². The van der Waals surface area contributed by atoms with Gasteiger partial charge in [0.15, 0.2) is 11.5 Å². The highest BCUT2D eigenvalue weighted by molar-refractivity contribution is 6.05. The molecule has 108 valence electrons. The number of carbonyl (C=O) groups is 1. The van der Waals surface area contributed by atoms with Crippen LogP contribution in [0.4, 0.5) is 10.1 Å². The second-order valence-corrected chi connectivity index (χ2v) is 4.77. The molecular formula is C16H14FNO3. The molecule has 1 aliphatic rings. The standard InChI is InChI=1S/C16H14FNO3/c1-10-8-11(17)2-4-13(10)16(19)18-12-3-5-14-15(9-12)21-7-6-20-14/h2-5,8-9H,6-7H2,1H3,(H,18,19). The zero-order valence-corrected chi connectivity index (χ0v) is 11.5. The summed E-state index contributed by atoms with van der Waals surface area (Å²) in [5.74, 6) is 0.625. The van der Waals surface area contributed by atoms with Crippen molar-refractivity contribution in [3.8, 4) is 11.5 Å². The van der Waals surface area contributed by atoms with Crippen molar-refractivity contribution in [1.29, 1.82) is 0 Å². The minimum atomic E-state index is -0.358. The predicted octanol–water partition coefficient (Wildman–Crippen LogP) is 3.16. The fourth-order valence-corrected chi connectivity index (χ4v) is 2.20. The van der Waals surface area contributed by atoms with Gasteiger partial charge in [-0.05, 0) is 42.8 Å². The van der Waals surface area contributed by atoms with Crippen LogP contribution in [-0.2, 0) is 0 Å². The molecule has 4 nitrogen and oxygen atoms in total. The first-order chi connectivity index (χ1) is 10.1. The summed E-state index contributed by atoms with van der Waals surface area (Å²) in [5.41, 5.74) is 1.63. The van der Waals surface area contributed by atoms with E-state index in [0.717, 1.165) is 0 Å². The quantitative estimate of drug-likeness (QED) is 0.923. The maximum atomic E-state index is 13.1. The third kappa shape index (κ3) is 2.81. The zero-order chi connectivity index (χ0) is 14.8. The largest absolute Gasteiger partial charge is 0.486 e. The van der Waals surface area contributed by atoms with Gasteiger partial charge in [0.2, 0.25) is 0 Å². The Morgan fingerprint density at radius 1 is 1.10 bits per heavy atom. The Morgan fingerprint density at radius 2 is 1.86 bits per heavy atom. The van der Waals surface area contributed by atoms with Crippen LogP contribution in [0.5, 0.6) is 11.5 Å². The zero-order valence-electron chi connectivity index (χ0n) is 11.5. The lowest BCUT2D eigenvalue weighted by atomic mass is 10.1. The van der Waals surface area contributed by atoms with Crippen LogP contribution >= 0.6 is 0 Å². The van der Waals surface area contributed by atoms with Gasteiger partial charge >= 0.3 is 0 Å². The molecule has 0 atom stereocenters. The normalized spacial score (nSPS) is 12.9. The van der Waals surface area contributed by atoms with Crippen molar-refractivity contribution < 1.29 is 18.7 Å². The molecule has 0 radical (unpaired) electrons. The maximum absolute atomic E-state index is 13.1. The molecule has 5 heteroatoms. The highest BCUT2D eigenvalue weighted by Crippen LogP contribution is 2.32. The first kappa shape index (κ1) is 13.4.